The van der Waals surface area contributed by atoms with Gasteiger partial charge in [0.15, 0.2) is 0 Å². The van der Waals surface area contributed by atoms with Gasteiger partial charge in [-0.15, -0.1) is 0 Å². The van der Waals surface area contributed by atoms with Gasteiger partial charge in [0.2, 0.25) is 0 Å². The third kappa shape index (κ3) is 4.02. The van der Waals surface area contributed by atoms with Crippen LogP contribution in [0.1, 0.15) is 12.0 Å². The number of amides is 1. The number of ether oxygens (including phenoxy) is 1. The summed E-state index contributed by atoms with van der Waals surface area (Å²) < 4.78 is 4.63. The zero-order valence-corrected chi connectivity index (χ0v) is 13.6. The number of methoxy groups -OCH3 is 1. The first-order chi connectivity index (χ1) is 11.4. The lowest BCUT2D eigenvalue weighted by molar-refractivity contribution is -0.132. The SMILES string of the molecule is COC(=O)N1CCC(N=CC(C(=O)O)=C(O)c2cccnc2Cl)C1. The summed E-state index contributed by atoms with van der Waals surface area (Å²) in [5.74, 6) is -1.87. The number of aromatic nitrogens is 1. The highest BCUT2D eigenvalue weighted by Gasteiger charge is 2.26. The van der Waals surface area contributed by atoms with E-state index in [0.29, 0.717) is 19.5 Å². The summed E-state index contributed by atoms with van der Waals surface area (Å²) in [7, 11) is 1.29. The van der Waals surface area contributed by atoms with Crippen LogP contribution in [0.15, 0.2) is 28.9 Å². The van der Waals surface area contributed by atoms with Crippen LogP contribution in [0.5, 0.6) is 0 Å². The predicted octanol–water partition coefficient (Wildman–Crippen LogP) is 2.00. The minimum atomic E-state index is -1.35. The lowest BCUT2D eigenvalue weighted by Crippen LogP contribution is -2.29. The smallest absolute Gasteiger partial charge is 0.409 e. The van der Waals surface area contributed by atoms with Gasteiger partial charge in [-0.3, -0.25) is 4.99 Å². The van der Waals surface area contributed by atoms with Gasteiger partial charge in [-0.05, 0) is 18.6 Å². The zero-order valence-electron chi connectivity index (χ0n) is 12.8. The molecule has 1 fully saturated rings. The Morgan fingerprint density at radius 3 is 2.88 bits per heavy atom. The van der Waals surface area contributed by atoms with Crippen LogP contribution in [0.4, 0.5) is 4.79 Å². The Morgan fingerprint density at radius 1 is 1.50 bits per heavy atom. The lowest BCUT2D eigenvalue weighted by Gasteiger charge is -2.12. The Hall–Kier alpha value is -2.61. The Labute approximate surface area is 143 Å². The van der Waals surface area contributed by atoms with E-state index in [1.165, 1.54) is 30.3 Å². The van der Waals surface area contributed by atoms with Gasteiger partial charge in [0.1, 0.15) is 16.5 Å². The van der Waals surface area contributed by atoms with E-state index >= 15 is 0 Å². The molecule has 1 atom stereocenters. The normalized spacial score (nSPS) is 18.6. The first-order valence-electron chi connectivity index (χ1n) is 7.07. The Bertz CT molecular complexity index is 704. The minimum Gasteiger partial charge on any atom is -0.506 e. The van der Waals surface area contributed by atoms with Gasteiger partial charge < -0.3 is 19.8 Å². The van der Waals surface area contributed by atoms with Crippen LogP contribution in [0.3, 0.4) is 0 Å². The van der Waals surface area contributed by atoms with E-state index in [2.05, 4.69) is 14.7 Å². The molecule has 0 saturated carbocycles. The number of aliphatic hydroxyl groups is 1. The molecule has 1 saturated heterocycles. The Morgan fingerprint density at radius 2 is 2.25 bits per heavy atom. The molecule has 2 N–H and O–H groups in total. The fourth-order valence-corrected chi connectivity index (χ4v) is 2.47. The first-order valence-corrected chi connectivity index (χ1v) is 7.45. The van der Waals surface area contributed by atoms with Gasteiger partial charge in [0.05, 0.1) is 18.7 Å². The summed E-state index contributed by atoms with van der Waals surface area (Å²) in [4.78, 5) is 32.2. The Balaban J connectivity index is 2.21. The van der Waals surface area contributed by atoms with Crippen molar-refractivity contribution in [1.29, 1.82) is 0 Å². The second-order valence-electron chi connectivity index (χ2n) is 5.05. The summed E-state index contributed by atoms with van der Waals surface area (Å²) in [5.41, 5.74) is -0.299. The summed E-state index contributed by atoms with van der Waals surface area (Å²) in [6.07, 6.45) is 2.62. The number of likely N-dealkylation sites (tertiary alicyclic amines) is 1. The molecule has 9 heteroatoms. The van der Waals surface area contributed by atoms with E-state index in [-0.39, 0.29) is 16.8 Å². The van der Waals surface area contributed by atoms with Crippen molar-refractivity contribution in [3.63, 3.8) is 0 Å². The number of aliphatic carboxylic acids is 1. The van der Waals surface area contributed by atoms with Crippen molar-refractivity contribution in [1.82, 2.24) is 9.88 Å². The number of carbonyl (C=O) groups is 2. The number of rotatable bonds is 4. The molecular formula is C15H16ClN3O5. The van der Waals surface area contributed by atoms with Gasteiger partial charge in [-0.1, -0.05) is 11.6 Å². The van der Waals surface area contributed by atoms with Crippen molar-refractivity contribution in [2.45, 2.75) is 12.5 Å². The molecule has 1 aromatic heterocycles. The van der Waals surface area contributed by atoms with Gasteiger partial charge in [-0.2, -0.15) is 0 Å². The van der Waals surface area contributed by atoms with Crippen molar-refractivity contribution in [3.8, 4) is 0 Å². The maximum Gasteiger partial charge on any atom is 0.409 e. The molecule has 2 heterocycles. The van der Waals surface area contributed by atoms with Gasteiger partial charge in [0.25, 0.3) is 0 Å². The maximum atomic E-state index is 11.4. The zero-order chi connectivity index (χ0) is 17.7. The lowest BCUT2D eigenvalue weighted by atomic mass is 10.1. The summed E-state index contributed by atoms with van der Waals surface area (Å²) in [5, 5.41) is 19.5. The number of carboxylic acids is 1. The molecule has 1 aromatic rings. The minimum absolute atomic E-state index is 0.0140. The van der Waals surface area contributed by atoms with Crippen molar-refractivity contribution < 1.29 is 24.5 Å². The van der Waals surface area contributed by atoms with Crippen molar-refractivity contribution >= 4 is 35.6 Å². The van der Waals surface area contributed by atoms with Crippen LogP contribution in [-0.2, 0) is 9.53 Å². The van der Waals surface area contributed by atoms with Crippen molar-refractivity contribution in [2.24, 2.45) is 4.99 Å². The van der Waals surface area contributed by atoms with E-state index in [9.17, 15) is 19.8 Å². The molecule has 8 nitrogen and oxygen atoms in total. The van der Waals surface area contributed by atoms with Crippen LogP contribution < -0.4 is 0 Å². The van der Waals surface area contributed by atoms with E-state index < -0.39 is 23.4 Å². The van der Waals surface area contributed by atoms with Crippen molar-refractivity contribution in [3.05, 3.63) is 34.6 Å². The maximum absolute atomic E-state index is 11.4. The second kappa shape index (κ2) is 7.78. The van der Waals surface area contributed by atoms with E-state index in [0.717, 1.165) is 6.21 Å². The number of aliphatic imine (C=N–C) groups is 1. The second-order valence-corrected chi connectivity index (χ2v) is 5.40. The molecule has 24 heavy (non-hydrogen) atoms. The summed E-state index contributed by atoms with van der Waals surface area (Å²) >= 11 is 5.86. The predicted molar refractivity (Wildman–Crippen MR) is 87.3 cm³/mol. The number of nitrogens with zero attached hydrogens (tertiary/aromatic N) is 3. The average molecular weight is 354 g/mol. The number of hydrogen-bond donors (Lipinski definition) is 2. The molecular weight excluding hydrogens is 338 g/mol. The van der Waals surface area contributed by atoms with Crippen LogP contribution in [0, 0.1) is 0 Å². The highest BCUT2D eigenvalue weighted by molar-refractivity contribution is 6.31. The molecule has 0 bridgehead atoms. The largest absolute Gasteiger partial charge is 0.506 e. The number of pyridine rings is 1. The molecule has 1 aliphatic heterocycles. The third-order valence-electron chi connectivity index (χ3n) is 3.51. The van der Waals surface area contributed by atoms with Crippen LogP contribution >= 0.6 is 11.6 Å². The fraction of sp³-hybridized carbons (Fsp3) is 0.333. The molecule has 2 rings (SSSR count). The number of aliphatic hydroxyl groups excluding tert-OH is 1. The third-order valence-corrected chi connectivity index (χ3v) is 3.81. The molecule has 0 radical (unpaired) electrons. The molecule has 0 spiro atoms. The van der Waals surface area contributed by atoms with Crippen LogP contribution in [-0.4, -0.2) is 64.6 Å². The Kier molecular flexibility index (Phi) is 5.75. The number of carbonyl (C=O) groups excluding carboxylic acids is 1. The topological polar surface area (TPSA) is 112 Å². The van der Waals surface area contributed by atoms with Gasteiger partial charge in [-0.25, -0.2) is 14.6 Å². The fourth-order valence-electron chi connectivity index (χ4n) is 2.26. The highest BCUT2D eigenvalue weighted by Crippen LogP contribution is 2.22. The molecule has 1 amide bonds. The van der Waals surface area contributed by atoms with E-state index in [4.69, 9.17) is 11.6 Å². The van der Waals surface area contributed by atoms with Crippen LogP contribution in [0.2, 0.25) is 5.15 Å². The van der Waals surface area contributed by atoms with Crippen LogP contribution in [0.25, 0.3) is 5.76 Å². The monoisotopic (exact) mass is 353 g/mol. The molecule has 128 valence electrons. The van der Waals surface area contributed by atoms with Gasteiger partial charge >= 0.3 is 12.1 Å². The quantitative estimate of drug-likeness (QED) is 0.370. The van der Waals surface area contributed by atoms with Crippen molar-refractivity contribution in [2.75, 3.05) is 20.2 Å². The molecule has 1 aliphatic rings. The standard InChI is InChI=1S/C15H16ClN3O5/c1-24-15(23)19-6-4-9(8-19)18-7-11(14(21)22)12(20)10-3-2-5-17-13(10)16/h2-3,5,7,9,20H,4,6,8H2,1H3,(H,21,22). The molecule has 1 unspecified atom stereocenters. The first kappa shape index (κ1) is 17.7. The number of carboxylic acid groups (broad SMARTS) is 1. The molecule has 0 aliphatic carbocycles. The van der Waals surface area contributed by atoms with E-state index in [1.807, 2.05) is 0 Å². The number of halogens is 1. The van der Waals surface area contributed by atoms with E-state index in [1.54, 1.807) is 0 Å². The summed E-state index contributed by atoms with van der Waals surface area (Å²) in [6, 6.07) is 2.71. The highest BCUT2D eigenvalue weighted by atomic mass is 35.5. The molecule has 0 aromatic carbocycles. The average Bonchev–Trinajstić information content (AvgIpc) is 3.03. The number of hydrogen-bond acceptors (Lipinski definition) is 6. The van der Waals surface area contributed by atoms with Gasteiger partial charge in [0, 0.05) is 25.5 Å². The summed E-state index contributed by atoms with van der Waals surface area (Å²) in [6.45, 7) is 0.797.